The Labute approximate surface area is 141 Å². The minimum absolute atomic E-state index is 0.0383. The van der Waals surface area contributed by atoms with Crippen molar-refractivity contribution in [3.8, 4) is 0 Å². The molecule has 2 atom stereocenters. The van der Waals surface area contributed by atoms with E-state index in [1.165, 1.54) is 6.33 Å². The SMILES string of the molecule is CC(C)(C)OC(=O)N1C2COCC1CC(C(=O)c1cncnc1)C2. The molecule has 0 spiro atoms. The van der Waals surface area contributed by atoms with Crippen LogP contribution in [0.4, 0.5) is 4.79 Å². The molecule has 2 saturated heterocycles. The van der Waals surface area contributed by atoms with Gasteiger partial charge in [-0.1, -0.05) is 0 Å². The van der Waals surface area contributed by atoms with Gasteiger partial charge in [-0.05, 0) is 33.6 Å². The van der Waals surface area contributed by atoms with Gasteiger partial charge in [0.25, 0.3) is 0 Å². The van der Waals surface area contributed by atoms with Crippen LogP contribution < -0.4 is 0 Å². The Kier molecular flexibility index (Phi) is 4.54. The third-order valence-electron chi connectivity index (χ3n) is 4.34. The highest BCUT2D eigenvalue weighted by Crippen LogP contribution is 2.34. The van der Waals surface area contributed by atoms with Gasteiger partial charge in [0, 0.05) is 18.3 Å². The highest BCUT2D eigenvalue weighted by molar-refractivity contribution is 5.97. The smallest absolute Gasteiger partial charge is 0.410 e. The summed E-state index contributed by atoms with van der Waals surface area (Å²) in [7, 11) is 0. The molecule has 130 valence electrons. The van der Waals surface area contributed by atoms with Crippen molar-refractivity contribution >= 4 is 11.9 Å². The molecule has 3 heterocycles. The highest BCUT2D eigenvalue weighted by atomic mass is 16.6. The summed E-state index contributed by atoms with van der Waals surface area (Å²) < 4.78 is 11.1. The summed E-state index contributed by atoms with van der Waals surface area (Å²) in [4.78, 5) is 34.8. The lowest BCUT2D eigenvalue weighted by Gasteiger charge is -2.47. The summed E-state index contributed by atoms with van der Waals surface area (Å²) in [6.45, 7) is 6.42. The number of rotatable bonds is 2. The van der Waals surface area contributed by atoms with E-state index in [9.17, 15) is 9.59 Å². The fourth-order valence-corrected chi connectivity index (χ4v) is 3.40. The van der Waals surface area contributed by atoms with Gasteiger partial charge in [-0.3, -0.25) is 9.69 Å². The fraction of sp³-hybridized carbons (Fsp3) is 0.647. The maximum Gasteiger partial charge on any atom is 0.410 e. The first-order valence-electron chi connectivity index (χ1n) is 8.23. The van der Waals surface area contributed by atoms with E-state index >= 15 is 0 Å². The van der Waals surface area contributed by atoms with Crippen LogP contribution in [0, 0.1) is 5.92 Å². The molecule has 0 N–H and O–H groups in total. The molecule has 1 amide bonds. The monoisotopic (exact) mass is 333 g/mol. The fourth-order valence-electron chi connectivity index (χ4n) is 3.40. The molecule has 0 aromatic carbocycles. The van der Waals surface area contributed by atoms with Gasteiger partial charge >= 0.3 is 6.09 Å². The van der Waals surface area contributed by atoms with Crippen LogP contribution in [-0.4, -0.2) is 57.6 Å². The topological polar surface area (TPSA) is 81.6 Å². The zero-order valence-electron chi connectivity index (χ0n) is 14.3. The van der Waals surface area contributed by atoms with Gasteiger partial charge in [0.15, 0.2) is 5.78 Å². The predicted molar refractivity (Wildman–Crippen MR) is 85.6 cm³/mol. The predicted octanol–water partition coefficient (Wildman–Crippen LogP) is 2.07. The second-order valence-electron chi connectivity index (χ2n) is 7.39. The number of carbonyl (C=O) groups is 2. The molecule has 7 nitrogen and oxygen atoms in total. The molecule has 2 bridgehead atoms. The van der Waals surface area contributed by atoms with Crippen LogP contribution in [0.1, 0.15) is 44.0 Å². The van der Waals surface area contributed by atoms with Gasteiger partial charge in [-0.15, -0.1) is 0 Å². The van der Waals surface area contributed by atoms with E-state index in [0.29, 0.717) is 31.6 Å². The van der Waals surface area contributed by atoms with Crippen molar-refractivity contribution in [1.29, 1.82) is 0 Å². The lowest BCUT2D eigenvalue weighted by Crippen LogP contribution is -2.60. The molecule has 7 heteroatoms. The molecule has 2 aliphatic heterocycles. The first kappa shape index (κ1) is 16.8. The summed E-state index contributed by atoms with van der Waals surface area (Å²) in [6, 6.07) is -0.267. The lowest BCUT2D eigenvalue weighted by molar-refractivity contribution is -0.0861. The highest BCUT2D eigenvalue weighted by Gasteiger charge is 2.45. The van der Waals surface area contributed by atoms with Crippen LogP contribution in [0.15, 0.2) is 18.7 Å². The molecule has 2 unspecified atom stereocenters. The van der Waals surface area contributed by atoms with Gasteiger partial charge in [0.1, 0.15) is 11.9 Å². The van der Waals surface area contributed by atoms with Gasteiger partial charge in [-0.25, -0.2) is 14.8 Å². The number of amides is 1. The van der Waals surface area contributed by atoms with E-state index in [0.717, 1.165) is 0 Å². The Bertz CT molecular complexity index is 600. The van der Waals surface area contributed by atoms with Crippen molar-refractivity contribution in [1.82, 2.24) is 14.9 Å². The number of carbonyl (C=O) groups excluding carboxylic acids is 2. The zero-order valence-corrected chi connectivity index (χ0v) is 14.3. The summed E-state index contributed by atoms with van der Waals surface area (Å²) in [6.07, 6.45) is 5.32. The molecular weight excluding hydrogens is 310 g/mol. The molecule has 1 aromatic rings. The van der Waals surface area contributed by atoms with Gasteiger partial charge < -0.3 is 9.47 Å². The average molecular weight is 333 g/mol. The van der Waals surface area contributed by atoms with E-state index in [2.05, 4.69) is 9.97 Å². The van der Waals surface area contributed by atoms with Gasteiger partial charge in [0.2, 0.25) is 0 Å². The Balaban J connectivity index is 1.74. The standard InChI is InChI=1S/C17H23N3O4/c1-17(2,3)24-16(22)20-13-4-11(5-14(20)9-23-8-13)15(21)12-6-18-10-19-7-12/h6-7,10-11,13-14H,4-5,8-9H2,1-3H3. The summed E-state index contributed by atoms with van der Waals surface area (Å²) in [5.74, 6) is -0.107. The lowest BCUT2D eigenvalue weighted by atomic mass is 9.81. The third kappa shape index (κ3) is 3.56. The van der Waals surface area contributed by atoms with Crippen LogP contribution in [0.5, 0.6) is 0 Å². The number of nitrogens with zero attached hydrogens (tertiary/aromatic N) is 3. The van der Waals surface area contributed by atoms with E-state index in [4.69, 9.17) is 9.47 Å². The first-order chi connectivity index (χ1) is 11.3. The molecule has 24 heavy (non-hydrogen) atoms. The number of piperidine rings is 1. The van der Waals surface area contributed by atoms with E-state index in [1.54, 1.807) is 17.3 Å². The zero-order chi connectivity index (χ0) is 17.3. The maximum atomic E-state index is 12.7. The van der Waals surface area contributed by atoms with Crippen molar-refractivity contribution < 1.29 is 19.1 Å². The van der Waals surface area contributed by atoms with Crippen LogP contribution in [0.25, 0.3) is 0 Å². The molecule has 3 rings (SSSR count). The number of hydrogen-bond acceptors (Lipinski definition) is 6. The van der Waals surface area contributed by atoms with Gasteiger partial charge in [0.05, 0.1) is 30.9 Å². The maximum absolute atomic E-state index is 12.7. The van der Waals surface area contributed by atoms with Crippen LogP contribution in [0.2, 0.25) is 0 Å². The van der Waals surface area contributed by atoms with Crippen molar-refractivity contribution in [3.63, 3.8) is 0 Å². The number of fused-ring (bicyclic) bond motifs is 2. The largest absolute Gasteiger partial charge is 0.444 e. The van der Waals surface area contributed by atoms with Crippen molar-refractivity contribution in [2.24, 2.45) is 5.92 Å². The second kappa shape index (κ2) is 6.47. The Morgan fingerprint density at radius 1 is 1.17 bits per heavy atom. The molecule has 1 aromatic heterocycles. The van der Waals surface area contributed by atoms with Gasteiger partial charge in [-0.2, -0.15) is 0 Å². The normalized spacial score (nSPS) is 26.8. The third-order valence-corrected chi connectivity index (χ3v) is 4.34. The minimum Gasteiger partial charge on any atom is -0.444 e. The van der Waals surface area contributed by atoms with Crippen LogP contribution >= 0.6 is 0 Å². The molecule has 2 fully saturated rings. The summed E-state index contributed by atoms with van der Waals surface area (Å²) >= 11 is 0. The number of morpholine rings is 1. The van der Waals surface area contributed by atoms with E-state index in [-0.39, 0.29) is 29.9 Å². The average Bonchev–Trinajstić information content (AvgIpc) is 2.52. The number of ketones is 1. The summed E-state index contributed by atoms with van der Waals surface area (Å²) in [5.41, 5.74) is -0.0208. The molecule has 0 saturated carbocycles. The second-order valence-corrected chi connectivity index (χ2v) is 7.39. The van der Waals surface area contributed by atoms with Crippen molar-refractivity contribution in [3.05, 3.63) is 24.3 Å². The Morgan fingerprint density at radius 2 is 1.75 bits per heavy atom. The molecule has 0 aliphatic carbocycles. The van der Waals surface area contributed by atoms with E-state index < -0.39 is 5.60 Å². The van der Waals surface area contributed by atoms with Crippen molar-refractivity contribution in [2.45, 2.75) is 51.3 Å². The minimum atomic E-state index is -0.541. The Hall–Kier alpha value is -2.02. The van der Waals surface area contributed by atoms with Crippen LogP contribution in [-0.2, 0) is 9.47 Å². The number of aromatic nitrogens is 2. The first-order valence-corrected chi connectivity index (χ1v) is 8.23. The Morgan fingerprint density at radius 3 is 2.29 bits per heavy atom. The quantitative estimate of drug-likeness (QED) is 0.771. The molecule has 0 radical (unpaired) electrons. The number of hydrogen-bond donors (Lipinski definition) is 0. The van der Waals surface area contributed by atoms with Crippen molar-refractivity contribution in [2.75, 3.05) is 13.2 Å². The van der Waals surface area contributed by atoms with Crippen LogP contribution in [0.3, 0.4) is 0 Å². The number of Topliss-reactive ketones (excluding diaryl/α,β-unsaturated/α-hetero) is 1. The summed E-state index contributed by atoms with van der Waals surface area (Å²) in [5, 5.41) is 0. The molecule has 2 aliphatic rings. The molecular formula is C17H23N3O4. The van der Waals surface area contributed by atoms with E-state index in [1.807, 2.05) is 20.8 Å². The number of ether oxygens (including phenoxy) is 2.